The summed E-state index contributed by atoms with van der Waals surface area (Å²) in [6, 6.07) is -1.70. The molecule has 0 aromatic heterocycles. The van der Waals surface area contributed by atoms with Crippen LogP contribution in [0.2, 0.25) is 0 Å². The number of hydrogen-bond donors (Lipinski definition) is 4. The number of carbonyl (C=O) groups is 3. The molecule has 0 spiro atoms. The van der Waals surface area contributed by atoms with E-state index in [0.717, 1.165) is 6.42 Å². The summed E-state index contributed by atoms with van der Waals surface area (Å²) >= 11 is 0. The Morgan fingerprint density at radius 2 is 1.89 bits per heavy atom. The Hall–Kier alpha value is -1.79. The van der Waals surface area contributed by atoms with Crippen LogP contribution < -0.4 is 10.6 Å². The second-order valence-corrected chi connectivity index (χ2v) is 5.19. The lowest BCUT2D eigenvalue weighted by atomic mass is 10.1. The van der Waals surface area contributed by atoms with Gasteiger partial charge in [-0.2, -0.15) is 0 Å². The van der Waals surface area contributed by atoms with E-state index in [2.05, 4.69) is 10.6 Å². The first-order valence-electron chi connectivity index (χ1n) is 5.74. The Morgan fingerprint density at radius 3 is 2.28 bits per heavy atom. The van der Waals surface area contributed by atoms with Crippen LogP contribution in [0.5, 0.6) is 0 Å². The van der Waals surface area contributed by atoms with Crippen LogP contribution >= 0.6 is 0 Å². The van der Waals surface area contributed by atoms with E-state index in [1.54, 1.807) is 0 Å². The van der Waals surface area contributed by atoms with E-state index in [1.165, 1.54) is 0 Å². The summed E-state index contributed by atoms with van der Waals surface area (Å²) in [5.74, 6) is -2.33. The molecule has 1 aliphatic rings. The minimum Gasteiger partial charge on any atom is -0.481 e. The quantitative estimate of drug-likeness (QED) is 0.550. The highest BCUT2D eigenvalue weighted by Gasteiger charge is 2.46. The smallest absolute Gasteiger partial charge is 0.326 e. The number of amides is 2. The number of urea groups is 1. The number of hydrogen-bond acceptors (Lipinski definition) is 3. The van der Waals surface area contributed by atoms with Crippen molar-refractivity contribution in [1.82, 2.24) is 10.6 Å². The van der Waals surface area contributed by atoms with Crippen LogP contribution in [0.3, 0.4) is 0 Å². The zero-order chi connectivity index (χ0) is 13.9. The van der Waals surface area contributed by atoms with Crippen molar-refractivity contribution in [3.63, 3.8) is 0 Å². The molecule has 1 rings (SSSR count). The van der Waals surface area contributed by atoms with Gasteiger partial charge in [0.1, 0.15) is 6.04 Å². The van der Waals surface area contributed by atoms with Gasteiger partial charge in [-0.15, -0.1) is 0 Å². The Bertz CT molecular complexity index is 366. The van der Waals surface area contributed by atoms with Crippen molar-refractivity contribution in [2.24, 2.45) is 5.41 Å². The maximum atomic E-state index is 11.5. The third-order valence-corrected chi connectivity index (χ3v) is 3.07. The Labute approximate surface area is 105 Å². The molecule has 1 fully saturated rings. The highest BCUT2D eigenvalue weighted by molar-refractivity contribution is 5.83. The first kappa shape index (κ1) is 14.3. The summed E-state index contributed by atoms with van der Waals surface area (Å²) < 4.78 is 0. The van der Waals surface area contributed by atoms with E-state index >= 15 is 0 Å². The van der Waals surface area contributed by atoms with Gasteiger partial charge in [-0.3, -0.25) is 4.79 Å². The van der Waals surface area contributed by atoms with Crippen molar-refractivity contribution in [2.75, 3.05) is 0 Å². The van der Waals surface area contributed by atoms with Crippen molar-refractivity contribution >= 4 is 18.0 Å². The molecule has 102 valence electrons. The largest absolute Gasteiger partial charge is 0.481 e. The van der Waals surface area contributed by atoms with Gasteiger partial charge in [0.05, 0.1) is 0 Å². The average molecular weight is 258 g/mol. The van der Waals surface area contributed by atoms with Gasteiger partial charge in [0.15, 0.2) is 0 Å². The molecule has 1 unspecified atom stereocenters. The van der Waals surface area contributed by atoms with Gasteiger partial charge in [0, 0.05) is 12.5 Å². The van der Waals surface area contributed by atoms with Crippen LogP contribution in [-0.4, -0.2) is 40.3 Å². The van der Waals surface area contributed by atoms with Gasteiger partial charge in [-0.1, -0.05) is 13.8 Å². The molecule has 18 heavy (non-hydrogen) atoms. The molecular formula is C11H18N2O5. The van der Waals surface area contributed by atoms with Gasteiger partial charge in [-0.05, 0) is 18.3 Å². The molecule has 0 aromatic carbocycles. The topological polar surface area (TPSA) is 116 Å². The molecular weight excluding hydrogens is 240 g/mol. The molecule has 4 N–H and O–H groups in total. The Morgan fingerprint density at radius 1 is 1.33 bits per heavy atom. The summed E-state index contributed by atoms with van der Waals surface area (Å²) in [5, 5.41) is 22.3. The highest BCUT2D eigenvalue weighted by atomic mass is 16.4. The number of nitrogens with one attached hydrogen (secondary N) is 2. The maximum absolute atomic E-state index is 11.5. The van der Waals surface area contributed by atoms with Gasteiger partial charge in [0.25, 0.3) is 0 Å². The van der Waals surface area contributed by atoms with Crippen LogP contribution in [-0.2, 0) is 9.59 Å². The number of aliphatic carboxylic acids is 2. The van der Waals surface area contributed by atoms with E-state index in [9.17, 15) is 14.4 Å². The lowest BCUT2D eigenvalue weighted by molar-refractivity contribution is -0.140. The first-order chi connectivity index (χ1) is 8.22. The number of carboxylic acid groups (broad SMARTS) is 2. The fourth-order valence-electron chi connectivity index (χ4n) is 1.60. The minimum atomic E-state index is -1.23. The molecule has 0 aliphatic heterocycles. The minimum absolute atomic E-state index is 0.0476. The van der Waals surface area contributed by atoms with Crippen LogP contribution in [0.25, 0.3) is 0 Å². The van der Waals surface area contributed by atoms with Crippen molar-refractivity contribution < 1.29 is 24.6 Å². The zero-order valence-corrected chi connectivity index (χ0v) is 10.4. The fraction of sp³-hybridized carbons (Fsp3) is 0.727. The van der Waals surface area contributed by atoms with Gasteiger partial charge in [0.2, 0.25) is 0 Å². The molecule has 1 aliphatic carbocycles. The summed E-state index contributed by atoms with van der Waals surface area (Å²) in [6.07, 6.45) is 0.422. The number of carbonyl (C=O) groups excluding carboxylic acids is 1. The summed E-state index contributed by atoms with van der Waals surface area (Å²) in [7, 11) is 0. The van der Waals surface area contributed by atoms with Crippen molar-refractivity contribution in [2.45, 2.75) is 45.2 Å². The molecule has 0 aromatic rings. The normalized spacial score (nSPS) is 21.8. The third kappa shape index (κ3) is 4.23. The molecule has 0 saturated heterocycles. The second-order valence-electron chi connectivity index (χ2n) is 5.19. The molecule has 1 saturated carbocycles. The zero-order valence-electron chi connectivity index (χ0n) is 10.4. The van der Waals surface area contributed by atoms with Crippen molar-refractivity contribution in [3.05, 3.63) is 0 Å². The molecule has 0 bridgehead atoms. The predicted molar refractivity (Wildman–Crippen MR) is 62.1 cm³/mol. The van der Waals surface area contributed by atoms with Crippen LogP contribution in [0, 0.1) is 5.41 Å². The Balaban J connectivity index is 2.38. The summed E-state index contributed by atoms with van der Waals surface area (Å²) in [5.41, 5.74) is 0.0527. The third-order valence-electron chi connectivity index (χ3n) is 3.07. The van der Waals surface area contributed by atoms with E-state index in [0.29, 0.717) is 0 Å². The highest BCUT2D eigenvalue weighted by Crippen LogP contribution is 2.44. The average Bonchev–Trinajstić information content (AvgIpc) is 2.79. The van der Waals surface area contributed by atoms with Crippen molar-refractivity contribution in [3.8, 4) is 0 Å². The molecule has 0 radical (unpaired) electrons. The van der Waals surface area contributed by atoms with E-state index in [1.807, 2.05) is 13.8 Å². The van der Waals surface area contributed by atoms with Gasteiger partial charge < -0.3 is 20.8 Å². The van der Waals surface area contributed by atoms with Crippen LogP contribution in [0.1, 0.15) is 33.1 Å². The molecule has 7 nitrogen and oxygen atoms in total. The maximum Gasteiger partial charge on any atom is 0.326 e. The standard InChI is InChI=1S/C11H18N2O5/c1-11(2)5-7(11)13-10(18)12-6(9(16)17)3-4-8(14)15/h6-7H,3-5H2,1-2H3,(H,14,15)(H,16,17)(H2,12,13,18)/t6-,7?/m0/s1. The number of carboxylic acids is 2. The summed E-state index contributed by atoms with van der Waals surface area (Å²) in [6.45, 7) is 3.99. The predicted octanol–water partition coefficient (Wildman–Crippen LogP) is 0.402. The van der Waals surface area contributed by atoms with Gasteiger partial charge in [-0.25, -0.2) is 9.59 Å². The van der Waals surface area contributed by atoms with E-state index < -0.39 is 24.0 Å². The first-order valence-corrected chi connectivity index (χ1v) is 5.74. The molecule has 7 heteroatoms. The van der Waals surface area contributed by atoms with E-state index in [4.69, 9.17) is 10.2 Å². The summed E-state index contributed by atoms with van der Waals surface area (Å²) in [4.78, 5) is 32.7. The SMILES string of the molecule is CC1(C)CC1NC(=O)N[C@@H](CCC(=O)O)C(=O)O. The van der Waals surface area contributed by atoms with Gasteiger partial charge >= 0.3 is 18.0 Å². The number of rotatable bonds is 6. The van der Waals surface area contributed by atoms with Crippen LogP contribution in [0.4, 0.5) is 4.79 Å². The van der Waals surface area contributed by atoms with Crippen LogP contribution in [0.15, 0.2) is 0 Å². The molecule has 0 heterocycles. The molecule has 2 amide bonds. The lowest BCUT2D eigenvalue weighted by Crippen LogP contribution is -2.47. The second kappa shape index (κ2) is 5.24. The molecule has 2 atom stereocenters. The fourth-order valence-corrected chi connectivity index (χ4v) is 1.60. The van der Waals surface area contributed by atoms with E-state index in [-0.39, 0.29) is 24.3 Å². The monoisotopic (exact) mass is 258 g/mol. The lowest BCUT2D eigenvalue weighted by Gasteiger charge is -2.14. The Kier molecular flexibility index (Phi) is 4.15. The van der Waals surface area contributed by atoms with Crippen molar-refractivity contribution in [1.29, 1.82) is 0 Å².